The Balaban J connectivity index is 1.57. The van der Waals surface area contributed by atoms with E-state index in [2.05, 4.69) is 20.5 Å². The van der Waals surface area contributed by atoms with E-state index in [1.807, 2.05) is 49.4 Å². The molecule has 0 radical (unpaired) electrons. The van der Waals surface area contributed by atoms with Gasteiger partial charge in [0.15, 0.2) is 16.7 Å². The standard InChI is InChI=1S/C20H22N4O3S/c1-3-11-27-19-14(7-6-10-17(19)26-2)12-21-24-18(25)13-28-20-22-15-8-4-5-9-16(15)23-20/h4-10,12H,3,11,13H2,1-2H3,(H,22,23)(H,24,25)/b21-12+. The van der Waals surface area contributed by atoms with Crippen molar-refractivity contribution in [1.82, 2.24) is 15.4 Å². The van der Waals surface area contributed by atoms with Crippen LogP contribution in [0.15, 0.2) is 52.7 Å². The topological polar surface area (TPSA) is 88.6 Å². The second-order valence-electron chi connectivity index (χ2n) is 5.87. The van der Waals surface area contributed by atoms with Gasteiger partial charge >= 0.3 is 0 Å². The highest BCUT2D eigenvalue weighted by Gasteiger charge is 2.09. The maximum Gasteiger partial charge on any atom is 0.250 e. The largest absolute Gasteiger partial charge is 0.493 e. The Morgan fingerprint density at radius 2 is 2.14 bits per heavy atom. The molecule has 0 aliphatic heterocycles. The number of rotatable bonds is 9. The molecular formula is C20H22N4O3S. The first-order valence-corrected chi connectivity index (χ1v) is 9.89. The third-order valence-corrected chi connectivity index (χ3v) is 4.65. The van der Waals surface area contributed by atoms with Crippen molar-refractivity contribution < 1.29 is 14.3 Å². The Kier molecular flexibility index (Phi) is 6.91. The van der Waals surface area contributed by atoms with Crippen molar-refractivity contribution >= 4 is 34.9 Å². The number of para-hydroxylation sites is 3. The molecule has 1 heterocycles. The molecule has 28 heavy (non-hydrogen) atoms. The van der Waals surface area contributed by atoms with Gasteiger partial charge in [-0.3, -0.25) is 4.79 Å². The molecule has 0 aliphatic rings. The number of amides is 1. The van der Waals surface area contributed by atoms with E-state index < -0.39 is 0 Å². The van der Waals surface area contributed by atoms with E-state index in [4.69, 9.17) is 9.47 Å². The quantitative estimate of drug-likeness (QED) is 0.327. The van der Waals surface area contributed by atoms with Crippen molar-refractivity contribution in [1.29, 1.82) is 0 Å². The van der Waals surface area contributed by atoms with Crippen LogP contribution in [0.1, 0.15) is 18.9 Å². The lowest BCUT2D eigenvalue weighted by atomic mass is 10.2. The summed E-state index contributed by atoms with van der Waals surface area (Å²) in [5.74, 6) is 1.22. The van der Waals surface area contributed by atoms with E-state index in [1.54, 1.807) is 13.3 Å². The van der Waals surface area contributed by atoms with Gasteiger partial charge in [-0.05, 0) is 30.7 Å². The molecule has 0 spiro atoms. The Morgan fingerprint density at radius 3 is 2.93 bits per heavy atom. The number of H-pyrrole nitrogens is 1. The fourth-order valence-electron chi connectivity index (χ4n) is 2.49. The number of nitrogens with zero attached hydrogens (tertiary/aromatic N) is 2. The van der Waals surface area contributed by atoms with Gasteiger partial charge in [0.25, 0.3) is 5.91 Å². The van der Waals surface area contributed by atoms with Crippen LogP contribution < -0.4 is 14.9 Å². The van der Waals surface area contributed by atoms with Gasteiger partial charge in [0.05, 0.1) is 36.7 Å². The number of hydrogen-bond acceptors (Lipinski definition) is 6. The summed E-state index contributed by atoms with van der Waals surface area (Å²) in [6, 6.07) is 13.3. The zero-order valence-electron chi connectivity index (χ0n) is 15.8. The summed E-state index contributed by atoms with van der Waals surface area (Å²) in [4.78, 5) is 19.7. The number of aromatic nitrogens is 2. The van der Waals surface area contributed by atoms with E-state index in [1.165, 1.54) is 11.8 Å². The smallest absolute Gasteiger partial charge is 0.250 e. The Morgan fingerprint density at radius 1 is 1.29 bits per heavy atom. The molecule has 8 heteroatoms. The lowest BCUT2D eigenvalue weighted by Crippen LogP contribution is -2.19. The van der Waals surface area contributed by atoms with Gasteiger partial charge in [-0.1, -0.05) is 36.9 Å². The van der Waals surface area contributed by atoms with Crippen LogP contribution in [0.5, 0.6) is 11.5 Å². The van der Waals surface area contributed by atoms with Crippen LogP contribution in [0.25, 0.3) is 11.0 Å². The summed E-state index contributed by atoms with van der Waals surface area (Å²) in [6.45, 7) is 2.60. The van der Waals surface area contributed by atoms with Gasteiger partial charge in [0, 0.05) is 5.56 Å². The zero-order valence-corrected chi connectivity index (χ0v) is 16.6. The summed E-state index contributed by atoms with van der Waals surface area (Å²) in [5, 5.41) is 4.73. The lowest BCUT2D eigenvalue weighted by molar-refractivity contribution is -0.118. The zero-order chi connectivity index (χ0) is 19.8. The molecule has 0 aliphatic carbocycles. The first-order valence-electron chi connectivity index (χ1n) is 8.90. The number of imidazole rings is 1. The summed E-state index contributed by atoms with van der Waals surface area (Å²) in [6.07, 6.45) is 2.43. The second-order valence-corrected chi connectivity index (χ2v) is 6.83. The Bertz CT molecular complexity index is 938. The molecule has 146 valence electrons. The molecule has 3 rings (SSSR count). The van der Waals surface area contributed by atoms with Crippen molar-refractivity contribution in [3.63, 3.8) is 0 Å². The minimum absolute atomic E-state index is 0.203. The van der Waals surface area contributed by atoms with E-state index in [0.29, 0.717) is 23.3 Å². The normalized spacial score (nSPS) is 11.1. The Hall–Kier alpha value is -3.00. The molecule has 7 nitrogen and oxygen atoms in total. The van der Waals surface area contributed by atoms with Crippen LogP contribution >= 0.6 is 11.8 Å². The highest BCUT2D eigenvalue weighted by atomic mass is 32.2. The van der Waals surface area contributed by atoms with Gasteiger partial charge in [-0.25, -0.2) is 10.4 Å². The number of nitrogens with one attached hydrogen (secondary N) is 2. The van der Waals surface area contributed by atoms with Crippen molar-refractivity contribution in [2.45, 2.75) is 18.5 Å². The first kappa shape index (κ1) is 19.8. The minimum Gasteiger partial charge on any atom is -0.493 e. The molecule has 0 unspecified atom stereocenters. The van der Waals surface area contributed by atoms with Crippen LogP contribution in [0, 0.1) is 0 Å². The van der Waals surface area contributed by atoms with Gasteiger partial charge in [-0.15, -0.1) is 0 Å². The Labute approximate surface area is 167 Å². The number of benzene rings is 2. The molecule has 3 aromatic rings. The van der Waals surface area contributed by atoms with E-state index >= 15 is 0 Å². The van der Waals surface area contributed by atoms with E-state index in [0.717, 1.165) is 23.0 Å². The minimum atomic E-state index is -0.222. The highest BCUT2D eigenvalue weighted by Crippen LogP contribution is 2.30. The SMILES string of the molecule is CCCOc1c(/C=N/NC(=O)CSc2nc3ccccc3[nH]2)cccc1OC. The molecule has 2 N–H and O–H groups in total. The highest BCUT2D eigenvalue weighted by molar-refractivity contribution is 7.99. The molecule has 0 saturated heterocycles. The summed E-state index contributed by atoms with van der Waals surface area (Å²) in [7, 11) is 1.59. The number of methoxy groups -OCH3 is 1. The number of fused-ring (bicyclic) bond motifs is 1. The lowest BCUT2D eigenvalue weighted by Gasteiger charge is -2.12. The number of ether oxygens (including phenoxy) is 2. The molecule has 0 bridgehead atoms. The van der Waals surface area contributed by atoms with Gasteiger partial charge in [0.2, 0.25) is 0 Å². The third kappa shape index (κ3) is 5.04. The number of hydrazone groups is 1. The van der Waals surface area contributed by atoms with E-state index in [-0.39, 0.29) is 11.7 Å². The summed E-state index contributed by atoms with van der Waals surface area (Å²) < 4.78 is 11.1. The number of thioether (sulfide) groups is 1. The van der Waals surface area contributed by atoms with Gasteiger partial charge < -0.3 is 14.5 Å². The predicted octanol–water partition coefficient (Wildman–Crippen LogP) is 3.60. The fourth-order valence-corrected chi connectivity index (χ4v) is 3.17. The van der Waals surface area contributed by atoms with Crippen molar-refractivity contribution in [2.75, 3.05) is 19.5 Å². The second kappa shape index (κ2) is 9.80. The molecule has 1 aromatic heterocycles. The molecule has 0 fully saturated rings. The third-order valence-electron chi connectivity index (χ3n) is 3.78. The van der Waals surface area contributed by atoms with Crippen LogP contribution in [-0.4, -0.2) is 41.6 Å². The maximum absolute atomic E-state index is 12.1. The van der Waals surface area contributed by atoms with Crippen LogP contribution in [0.4, 0.5) is 0 Å². The number of carbonyl (C=O) groups excluding carboxylic acids is 1. The molecular weight excluding hydrogens is 376 g/mol. The van der Waals surface area contributed by atoms with Crippen molar-refractivity contribution in [2.24, 2.45) is 5.10 Å². The van der Waals surface area contributed by atoms with Crippen molar-refractivity contribution in [3.05, 3.63) is 48.0 Å². The monoisotopic (exact) mass is 398 g/mol. The maximum atomic E-state index is 12.1. The van der Waals surface area contributed by atoms with Crippen LogP contribution in [0.3, 0.4) is 0 Å². The number of aromatic amines is 1. The van der Waals surface area contributed by atoms with Crippen molar-refractivity contribution in [3.8, 4) is 11.5 Å². The first-order chi connectivity index (χ1) is 13.7. The number of carbonyl (C=O) groups is 1. The van der Waals surface area contributed by atoms with E-state index in [9.17, 15) is 4.79 Å². The predicted molar refractivity (Wildman–Crippen MR) is 111 cm³/mol. The number of hydrogen-bond donors (Lipinski definition) is 2. The summed E-state index contributed by atoms with van der Waals surface area (Å²) in [5.41, 5.74) is 5.08. The molecule has 0 atom stereocenters. The molecule has 2 aromatic carbocycles. The van der Waals surface area contributed by atoms with Gasteiger partial charge in [-0.2, -0.15) is 5.10 Å². The average Bonchev–Trinajstić information content (AvgIpc) is 3.14. The van der Waals surface area contributed by atoms with Gasteiger partial charge in [0.1, 0.15) is 0 Å². The molecule has 0 saturated carbocycles. The fraction of sp³-hybridized carbons (Fsp3) is 0.250. The van der Waals surface area contributed by atoms with Crippen LogP contribution in [-0.2, 0) is 4.79 Å². The molecule has 1 amide bonds. The van der Waals surface area contributed by atoms with Crippen LogP contribution in [0.2, 0.25) is 0 Å². The average molecular weight is 398 g/mol. The summed E-state index contributed by atoms with van der Waals surface area (Å²) >= 11 is 1.32.